The van der Waals surface area contributed by atoms with Crippen LogP contribution in [0.2, 0.25) is 0 Å². The van der Waals surface area contributed by atoms with Crippen molar-refractivity contribution in [1.29, 1.82) is 0 Å². The highest BCUT2D eigenvalue weighted by atomic mass is 16.3. The van der Waals surface area contributed by atoms with Crippen molar-refractivity contribution in [2.75, 3.05) is 5.32 Å². The Bertz CT molecular complexity index is 1040. The van der Waals surface area contributed by atoms with E-state index in [0.717, 1.165) is 17.7 Å². The third-order valence-corrected chi connectivity index (χ3v) is 5.75. The van der Waals surface area contributed by atoms with E-state index in [1.165, 1.54) is 17.5 Å². The minimum Gasteiger partial charge on any atom is -0.467 e. The number of nitrogens with zero attached hydrogens (tertiary/aromatic N) is 3. The maximum atomic E-state index is 13.2. The van der Waals surface area contributed by atoms with E-state index in [4.69, 9.17) is 4.42 Å². The number of ketones is 1. The van der Waals surface area contributed by atoms with Crippen molar-refractivity contribution in [2.45, 2.75) is 44.6 Å². The number of allylic oxidation sites excluding steroid dienone is 2. The Morgan fingerprint density at radius 3 is 2.71 bits per heavy atom. The molecule has 0 saturated heterocycles. The molecule has 2 aliphatic rings. The van der Waals surface area contributed by atoms with Gasteiger partial charge in [0.15, 0.2) is 5.78 Å². The van der Waals surface area contributed by atoms with Crippen LogP contribution in [0.15, 0.2) is 64.7 Å². The summed E-state index contributed by atoms with van der Waals surface area (Å²) in [4.78, 5) is 17.5. The Hall–Kier alpha value is -3.15. The number of hydrogen-bond donors (Lipinski definition) is 1. The number of carbonyl (C=O) groups is 1. The number of carbonyl (C=O) groups excluding carboxylic acids is 1. The lowest BCUT2D eigenvalue weighted by molar-refractivity contribution is -0.116. The minimum atomic E-state index is -0.361. The molecule has 1 aliphatic carbocycles. The lowest BCUT2D eigenvalue weighted by Gasteiger charge is -2.34. The van der Waals surface area contributed by atoms with E-state index in [-0.39, 0.29) is 17.7 Å². The van der Waals surface area contributed by atoms with Crippen LogP contribution in [0.25, 0.3) is 0 Å². The summed E-state index contributed by atoms with van der Waals surface area (Å²) in [5.41, 5.74) is 4.18. The summed E-state index contributed by atoms with van der Waals surface area (Å²) in [6.07, 6.45) is 4.39. The van der Waals surface area contributed by atoms with E-state index < -0.39 is 0 Å². The summed E-state index contributed by atoms with van der Waals surface area (Å²) in [5.74, 6) is 2.13. The highest BCUT2D eigenvalue weighted by Crippen LogP contribution is 2.43. The van der Waals surface area contributed by atoms with Crippen LogP contribution < -0.4 is 5.32 Å². The molecule has 1 N–H and O–H groups in total. The molecule has 0 fully saturated rings. The summed E-state index contributed by atoms with van der Waals surface area (Å²) in [7, 11) is 0. The molecule has 142 valence electrons. The molecule has 0 unspecified atom stereocenters. The molecule has 0 radical (unpaired) electrons. The summed E-state index contributed by atoms with van der Waals surface area (Å²) in [6, 6.07) is 12.0. The van der Waals surface area contributed by atoms with Gasteiger partial charge < -0.3 is 9.73 Å². The third kappa shape index (κ3) is 2.68. The Morgan fingerprint density at radius 1 is 1.18 bits per heavy atom. The topological polar surface area (TPSA) is 73.0 Å². The number of fused-ring (bicyclic) bond motifs is 1. The molecule has 0 saturated carbocycles. The van der Waals surface area contributed by atoms with Gasteiger partial charge in [-0.25, -0.2) is 4.68 Å². The van der Waals surface area contributed by atoms with Crippen LogP contribution >= 0.6 is 0 Å². The predicted molar refractivity (Wildman–Crippen MR) is 105 cm³/mol. The molecule has 28 heavy (non-hydrogen) atoms. The lowest BCUT2D eigenvalue weighted by Crippen LogP contribution is -2.33. The molecule has 5 rings (SSSR count). The normalized spacial score (nSPS) is 21.5. The van der Waals surface area contributed by atoms with Crippen molar-refractivity contribution in [2.24, 2.45) is 0 Å². The fraction of sp³-hybridized carbons (Fsp3) is 0.318. The first kappa shape index (κ1) is 17.0. The lowest BCUT2D eigenvalue weighted by atomic mass is 9.78. The van der Waals surface area contributed by atoms with Crippen LogP contribution in [0.4, 0.5) is 5.95 Å². The first-order chi connectivity index (χ1) is 13.6. The standard InChI is InChI=1S/C22H22N4O2/c1-13(2)14-5-7-15(8-6-14)16-10-17-20(18(27)11-16)21(19-4-3-9-28-19)26-22(25-17)23-12-24-26/h3-9,12-13,16,21H,10-11H2,1-2H3,(H,23,24,25)/t16-,21+/m1/s1. The molecule has 0 spiro atoms. The van der Waals surface area contributed by atoms with Gasteiger partial charge in [0.05, 0.1) is 6.26 Å². The predicted octanol–water partition coefficient (Wildman–Crippen LogP) is 4.41. The zero-order valence-electron chi connectivity index (χ0n) is 15.9. The SMILES string of the molecule is CC(C)c1ccc([C@H]2CC(=O)C3=C(C2)Nc2ncnn2[C@H]3c2ccco2)cc1. The van der Waals surface area contributed by atoms with Gasteiger partial charge in [-0.15, -0.1) is 0 Å². The Balaban J connectivity index is 1.52. The number of Topliss-reactive ketones (excluding diaryl/α,β-unsaturated/α-hetero) is 1. The van der Waals surface area contributed by atoms with Crippen LogP contribution in [-0.4, -0.2) is 20.5 Å². The second kappa shape index (κ2) is 6.48. The zero-order chi connectivity index (χ0) is 19.3. The van der Waals surface area contributed by atoms with E-state index in [9.17, 15) is 4.79 Å². The molecular weight excluding hydrogens is 352 g/mol. The van der Waals surface area contributed by atoms with Gasteiger partial charge in [0.25, 0.3) is 0 Å². The maximum Gasteiger partial charge on any atom is 0.226 e. The number of nitrogens with one attached hydrogen (secondary N) is 1. The van der Waals surface area contributed by atoms with Gasteiger partial charge in [-0.2, -0.15) is 10.1 Å². The Kier molecular flexibility index (Phi) is 3.93. The average molecular weight is 374 g/mol. The van der Waals surface area contributed by atoms with Gasteiger partial charge in [0.2, 0.25) is 5.95 Å². The van der Waals surface area contributed by atoms with Crippen molar-refractivity contribution in [1.82, 2.24) is 14.8 Å². The fourth-order valence-electron chi connectivity index (χ4n) is 4.25. The molecule has 1 aliphatic heterocycles. The van der Waals surface area contributed by atoms with Crippen LogP contribution in [-0.2, 0) is 4.79 Å². The highest BCUT2D eigenvalue weighted by molar-refractivity contribution is 6.00. The van der Waals surface area contributed by atoms with Crippen molar-refractivity contribution in [3.8, 4) is 0 Å². The maximum absolute atomic E-state index is 13.2. The van der Waals surface area contributed by atoms with Gasteiger partial charge in [-0.05, 0) is 41.5 Å². The quantitative estimate of drug-likeness (QED) is 0.735. The molecule has 1 aromatic carbocycles. The molecule has 0 amide bonds. The number of hydrogen-bond acceptors (Lipinski definition) is 5. The number of furan rings is 1. The van der Waals surface area contributed by atoms with Gasteiger partial charge in [0.1, 0.15) is 18.1 Å². The summed E-state index contributed by atoms with van der Waals surface area (Å²) in [6.45, 7) is 4.38. The molecule has 3 heterocycles. The van der Waals surface area contributed by atoms with Gasteiger partial charge in [0, 0.05) is 17.7 Å². The van der Waals surface area contributed by atoms with E-state index in [1.54, 1.807) is 10.9 Å². The summed E-state index contributed by atoms with van der Waals surface area (Å²) in [5, 5.41) is 7.66. The smallest absolute Gasteiger partial charge is 0.226 e. The van der Waals surface area contributed by atoms with Crippen LogP contribution in [0.5, 0.6) is 0 Å². The zero-order valence-corrected chi connectivity index (χ0v) is 15.9. The van der Waals surface area contributed by atoms with Crippen LogP contribution in [0.3, 0.4) is 0 Å². The molecule has 6 heteroatoms. The highest BCUT2D eigenvalue weighted by Gasteiger charge is 2.40. The molecule has 3 aromatic rings. The van der Waals surface area contributed by atoms with Crippen LogP contribution in [0.1, 0.15) is 61.5 Å². The average Bonchev–Trinajstić information content (AvgIpc) is 3.38. The van der Waals surface area contributed by atoms with Gasteiger partial charge in [-0.3, -0.25) is 4.79 Å². The van der Waals surface area contributed by atoms with E-state index in [2.05, 4.69) is 53.5 Å². The van der Waals surface area contributed by atoms with Crippen molar-refractivity contribution in [3.05, 3.63) is 77.1 Å². The Labute approximate surface area is 163 Å². The summed E-state index contributed by atoms with van der Waals surface area (Å²) < 4.78 is 7.37. The molecular formula is C22H22N4O2. The second-order valence-corrected chi connectivity index (χ2v) is 7.81. The largest absolute Gasteiger partial charge is 0.467 e. The molecule has 0 bridgehead atoms. The van der Waals surface area contributed by atoms with Gasteiger partial charge in [-0.1, -0.05) is 38.1 Å². The van der Waals surface area contributed by atoms with E-state index >= 15 is 0 Å². The number of rotatable bonds is 3. The fourth-order valence-corrected chi connectivity index (χ4v) is 4.25. The number of aromatic nitrogens is 3. The Morgan fingerprint density at radius 2 is 2.00 bits per heavy atom. The third-order valence-electron chi connectivity index (χ3n) is 5.75. The van der Waals surface area contributed by atoms with E-state index in [1.807, 2.05) is 12.1 Å². The first-order valence-electron chi connectivity index (χ1n) is 9.68. The summed E-state index contributed by atoms with van der Waals surface area (Å²) >= 11 is 0. The molecule has 6 nitrogen and oxygen atoms in total. The van der Waals surface area contributed by atoms with Crippen molar-refractivity contribution >= 4 is 11.7 Å². The van der Waals surface area contributed by atoms with Gasteiger partial charge >= 0.3 is 0 Å². The monoisotopic (exact) mass is 374 g/mol. The first-order valence-corrected chi connectivity index (χ1v) is 9.68. The second-order valence-electron chi connectivity index (χ2n) is 7.81. The number of benzene rings is 1. The molecule has 2 atom stereocenters. The van der Waals surface area contributed by atoms with Crippen LogP contribution in [0, 0.1) is 0 Å². The van der Waals surface area contributed by atoms with E-state index in [0.29, 0.717) is 24.0 Å². The number of anilines is 1. The minimum absolute atomic E-state index is 0.134. The van der Waals surface area contributed by atoms with Crippen molar-refractivity contribution in [3.63, 3.8) is 0 Å². The van der Waals surface area contributed by atoms with Crippen molar-refractivity contribution < 1.29 is 9.21 Å². The molecule has 2 aromatic heterocycles.